The van der Waals surface area contributed by atoms with Gasteiger partial charge in [-0.2, -0.15) is 0 Å². The summed E-state index contributed by atoms with van der Waals surface area (Å²) in [5.41, 5.74) is 14.3. The first kappa shape index (κ1) is 35.8. The number of anilines is 2. The predicted molar refractivity (Wildman–Crippen MR) is 179 cm³/mol. The molecule has 0 spiro atoms. The van der Waals surface area contributed by atoms with Gasteiger partial charge in [0.15, 0.2) is 0 Å². The van der Waals surface area contributed by atoms with Crippen molar-refractivity contribution in [2.75, 3.05) is 16.8 Å². The average Bonchev–Trinajstić information content (AvgIpc) is 3.70. The molecule has 11 nitrogen and oxygen atoms in total. The van der Waals surface area contributed by atoms with Crippen molar-refractivity contribution >= 4 is 57.8 Å². The van der Waals surface area contributed by atoms with E-state index in [4.69, 9.17) is 16.6 Å². The molecule has 1 unspecified atom stereocenters. The third-order valence-corrected chi connectivity index (χ3v) is 9.41. The first-order chi connectivity index (χ1) is 21.4. The monoisotopic (exact) mass is 657 g/mol. The summed E-state index contributed by atoms with van der Waals surface area (Å²) >= 11 is 2.51. The molecule has 1 atom stereocenters. The summed E-state index contributed by atoms with van der Waals surface area (Å²) in [4.78, 5) is 54.6. The molecule has 1 fully saturated rings. The van der Waals surface area contributed by atoms with E-state index in [0.29, 0.717) is 36.0 Å². The van der Waals surface area contributed by atoms with Crippen LogP contribution in [-0.2, 0) is 9.59 Å². The maximum Gasteiger partial charge on any atom is 0.348 e. The predicted octanol–water partition coefficient (Wildman–Crippen LogP) is 5.92. The molecule has 1 aliphatic carbocycles. The Labute approximate surface area is 271 Å². The third kappa shape index (κ3) is 10.2. The molecule has 7 N–H and O–H groups in total. The Balaban J connectivity index is 0.000000477. The number of unbranched alkanes of at least 4 members (excludes halogenated alkanes) is 1. The summed E-state index contributed by atoms with van der Waals surface area (Å²) in [6, 6.07) is 8.14. The van der Waals surface area contributed by atoms with E-state index < -0.39 is 18.0 Å². The molecule has 45 heavy (non-hydrogen) atoms. The van der Waals surface area contributed by atoms with Gasteiger partial charge in [0.2, 0.25) is 5.91 Å². The quantitative estimate of drug-likeness (QED) is 0.147. The van der Waals surface area contributed by atoms with Crippen LogP contribution in [0.2, 0.25) is 0 Å². The number of carboxylic acids is 2. The number of amides is 2. The van der Waals surface area contributed by atoms with E-state index in [1.807, 2.05) is 26.0 Å². The van der Waals surface area contributed by atoms with Gasteiger partial charge < -0.3 is 31.9 Å². The van der Waals surface area contributed by atoms with Crippen LogP contribution in [0.1, 0.15) is 85.9 Å². The maximum absolute atomic E-state index is 13.5. The first-order valence-corrected chi connectivity index (χ1v) is 16.9. The smallest absolute Gasteiger partial charge is 0.348 e. The zero-order valence-electron chi connectivity index (χ0n) is 25.9. The largest absolute Gasteiger partial charge is 0.480 e. The molecule has 4 rings (SSSR count). The zero-order chi connectivity index (χ0) is 33.1. The van der Waals surface area contributed by atoms with E-state index in [2.05, 4.69) is 17.2 Å². The van der Waals surface area contributed by atoms with Gasteiger partial charge in [0.05, 0.1) is 11.2 Å². The van der Waals surface area contributed by atoms with Crippen LogP contribution in [0.3, 0.4) is 0 Å². The normalized spacial score (nSPS) is 16.8. The van der Waals surface area contributed by atoms with E-state index in [1.54, 1.807) is 34.0 Å². The number of aromatic nitrogens is 1. The third-order valence-electron chi connectivity index (χ3n) is 7.66. The van der Waals surface area contributed by atoms with Gasteiger partial charge >= 0.3 is 11.9 Å². The SMILES string of the molecule is CC(C)N(c1cc(-c2ccc(NC(=O)c3cscn3)cc2)sc1C(=O)O)C(=O)[C@H]1CC[C@H](C)CC1.NCCCCC(N)C(=O)O. The van der Waals surface area contributed by atoms with Crippen molar-refractivity contribution in [2.45, 2.75) is 77.8 Å². The lowest BCUT2D eigenvalue weighted by Gasteiger charge is -2.33. The second-order valence-electron chi connectivity index (χ2n) is 11.5. The summed E-state index contributed by atoms with van der Waals surface area (Å²) in [5.74, 6) is -1.69. The Kier molecular flexibility index (Phi) is 13.7. The molecule has 0 radical (unpaired) electrons. The van der Waals surface area contributed by atoms with Gasteiger partial charge in [-0.25, -0.2) is 9.78 Å². The molecule has 3 aromatic rings. The van der Waals surface area contributed by atoms with E-state index >= 15 is 0 Å². The van der Waals surface area contributed by atoms with Gasteiger partial charge in [0.1, 0.15) is 16.6 Å². The fourth-order valence-electron chi connectivity index (χ4n) is 5.08. The summed E-state index contributed by atoms with van der Waals surface area (Å²) in [5, 5.41) is 22.7. The van der Waals surface area contributed by atoms with Crippen LogP contribution in [0.25, 0.3) is 10.4 Å². The highest BCUT2D eigenvalue weighted by Gasteiger charge is 2.33. The number of aliphatic carboxylic acids is 1. The van der Waals surface area contributed by atoms with Crippen molar-refractivity contribution < 1.29 is 29.4 Å². The number of nitrogens with one attached hydrogen (secondary N) is 1. The molecule has 1 aromatic carbocycles. The molecule has 0 bridgehead atoms. The number of thiophene rings is 1. The van der Waals surface area contributed by atoms with Crippen LogP contribution in [0.4, 0.5) is 11.4 Å². The van der Waals surface area contributed by atoms with Gasteiger partial charge in [-0.3, -0.25) is 14.4 Å². The second kappa shape index (κ2) is 17.2. The van der Waals surface area contributed by atoms with Gasteiger partial charge in [0, 0.05) is 27.9 Å². The minimum absolute atomic E-state index is 0.0128. The lowest BCUT2D eigenvalue weighted by molar-refractivity contribution is -0.138. The second-order valence-corrected chi connectivity index (χ2v) is 13.3. The highest BCUT2D eigenvalue weighted by molar-refractivity contribution is 7.18. The molecule has 2 heterocycles. The van der Waals surface area contributed by atoms with Gasteiger partial charge in [-0.1, -0.05) is 25.5 Å². The number of nitrogens with zero attached hydrogens (tertiary/aromatic N) is 2. The minimum Gasteiger partial charge on any atom is -0.480 e. The van der Waals surface area contributed by atoms with Gasteiger partial charge in [-0.05, 0) is 88.6 Å². The van der Waals surface area contributed by atoms with Crippen LogP contribution in [0.15, 0.2) is 41.2 Å². The Morgan fingerprint density at radius 3 is 2.27 bits per heavy atom. The van der Waals surface area contributed by atoms with Crippen molar-refractivity contribution in [3.8, 4) is 10.4 Å². The van der Waals surface area contributed by atoms with E-state index in [-0.39, 0.29) is 28.7 Å². The lowest BCUT2D eigenvalue weighted by atomic mass is 9.82. The maximum atomic E-state index is 13.5. The summed E-state index contributed by atoms with van der Waals surface area (Å²) in [6.07, 6.45) is 5.90. The minimum atomic E-state index is -1.04. The zero-order valence-corrected chi connectivity index (χ0v) is 27.5. The summed E-state index contributed by atoms with van der Waals surface area (Å²) < 4.78 is 0. The molecule has 2 aromatic heterocycles. The number of carbonyl (C=O) groups is 4. The number of nitrogens with two attached hydrogens (primary N) is 2. The summed E-state index contributed by atoms with van der Waals surface area (Å²) in [7, 11) is 0. The van der Waals surface area contributed by atoms with Crippen LogP contribution < -0.4 is 21.7 Å². The molecule has 13 heteroatoms. The fraction of sp³-hybridized carbons (Fsp3) is 0.469. The standard InChI is InChI=1S/C26H29N3O4S2.C6H14N2O2/c1-15(2)29(25(31)18-6-4-16(3)5-7-18)21-12-22(35-23(21)26(32)33)17-8-10-19(11-9-17)28-24(30)20-13-34-14-27-20;7-4-2-1-3-5(8)6(9)10/h8-16,18H,4-7H2,1-3H3,(H,28,30)(H,32,33);5H,1-4,7-8H2,(H,9,10)/t16-,18-;. The van der Waals surface area contributed by atoms with Gasteiger partial charge in [-0.15, -0.1) is 22.7 Å². The molecular weight excluding hydrogens is 615 g/mol. The van der Waals surface area contributed by atoms with Crippen molar-refractivity contribution in [1.82, 2.24) is 4.98 Å². The molecular formula is C32H43N5O6S2. The van der Waals surface area contributed by atoms with Crippen molar-refractivity contribution in [1.29, 1.82) is 0 Å². The van der Waals surface area contributed by atoms with Crippen LogP contribution in [0, 0.1) is 11.8 Å². The number of hydrogen-bond donors (Lipinski definition) is 5. The number of carbonyl (C=O) groups excluding carboxylic acids is 2. The number of rotatable bonds is 12. The Hall–Kier alpha value is -3.65. The number of hydrogen-bond acceptors (Lipinski definition) is 9. The highest BCUT2D eigenvalue weighted by Crippen LogP contribution is 2.40. The summed E-state index contributed by atoms with van der Waals surface area (Å²) in [6.45, 7) is 6.66. The average molecular weight is 658 g/mol. The van der Waals surface area contributed by atoms with Crippen molar-refractivity contribution in [2.24, 2.45) is 23.3 Å². The van der Waals surface area contributed by atoms with E-state index in [9.17, 15) is 24.3 Å². The molecule has 0 saturated heterocycles. The molecule has 1 saturated carbocycles. The fourth-order valence-corrected chi connectivity index (χ4v) is 6.61. The topological polar surface area (TPSA) is 189 Å². The van der Waals surface area contributed by atoms with E-state index in [1.165, 1.54) is 11.3 Å². The number of thiazole rings is 1. The number of carboxylic acid groups (broad SMARTS) is 2. The van der Waals surface area contributed by atoms with Crippen molar-refractivity contribution in [3.05, 3.63) is 51.8 Å². The Morgan fingerprint density at radius 1 is 1.07 bits per heavy atom. The molecule has 244 valence electrons. The van der Waals surface area contributed by atoms with Crippen LogP contribution >= 0.6 is 22.7 Å². The first-order valence-electron chi connectivity index (χ1n) is 15.1. The van der Waals surface area contributed by atoms with E-state index in [0.717, 1.165) is 60.3 Å². The van der Waals surface area contributed by atoms with Crippen LogP contribution in [0.5, 0.6) is 0 Å². The number of aromatic carboxylic acids is 1. The lowest BCUT2D eigenvalue weighted by Crippen LogP contribution is -2.42. The molecule has 2 amide bonds. The molecule has 1 aliphatic rings. The molecule has 0 aliphatic heterocycles. The van der Waals surface area contributed by atoms with Gasteiger partial charge in [0.25, 0.3) is 5.91 Å². The highest BCUT2D eigenvalue weighted by atomic mass is 32.1. The number of benzene rings is 1. The Morgan fingerprint density at radius 2 is 1.73 bits per heavy atom. The van der Waals surface area contributed by atoms with Crippen LogP contribution in [-0.4, -0.2) is 57.6 Å². The Bertz CT molecular complexity index is 1420. The van der Waals surface area contributed by atoms with Crippen molar-refractivity contribution in [3.63, 3.8) is 0 Å².